The Morgan fingerprint density at radius 2 is 2.17 bits per heavy atom. The highest BCUT2D eigenvalue weighted by molar-refractivity contribution is 7.85. The zero-order valence-electron chi connectivity index (χ0n) is 13.1. The summed E-state index contributed by atoms with van der Waals surface area (Å²) < 4.78 is 32.8. The molecule has 4 N–H and O–H groups in total. The van der Waals surface area contributed by atoms with Gasteiger partial charge in [0.1, 0.15) is 17.2 Å². The van der Waals surface area contributed by atoms with E-state index >= 15 is 0 Å². The molecule has 0 spiro atoms. The molecule has 0 aliphatic rings. The Morgan fingerprint density at radius 1 is 1.42 bits per heavy atom. The molecule has 0 fully saturated rings. The SMILES string of the molecule is CCS(=O)c1cn2c(-c3cc(N)nc(F)c3)cnc2cc1OC.O.[HH]. The smallest absolute Gasteiger partial charge is 0.215 e. The van der Waals surface area contributed by atoms with Crippen LogP contribution in [0.1, 0.15) is 8.35 Å². The third kappa shape index (κ3) is 3.08. The lowest BCUT2D eigenvalue weighted by Crippen LogP contribution is -2.02. The molecule has 7 nitrogen and oxygen atoms in total. The number of anilines is 1. The van der Waals surface area contributed by atoms with E-state index in [1.54, 1.807) is 28.9 Å². The minimum Gasteiger partial charge on any atom is -0.495 e. The standard InChI is InChI=1S/C15H15FN4O2S.H2O.H2/c1-3-23(21)12-8-20-10(7-18-15(20)6-11(12)22-2)9-4-13(16)19-14(17)5-9;;/h4-8H,3H2,1-2H3,(H2,17,19);1H2;1H. The predicted octanol–water partition coefficient (Wildman–Crippen LogP) is 1.67. The number of hydrogen-bond donors (Lipinski definition) is 1. The molecule has 0 aliphatic carbocycles. The zero-order valence-corrected chi connectivity index (χ0v) is 13.9. The van der Waals surface area contributed by atoms with E-state index in [0.717, 1.165) is 0 Å². The van der Waals surface area contributed by atoms with Crippen LogP contribution in [-0.2, 0) is 10.8 Å². The second kappa shape index (κ2) is 6.93. The molecule has 0 aliphatic heterocycles. The number of pyridine rings is 2. The van der Waals surface area contributed by atoms with Gasteiger partial charge in [0.05, 0.1) is 34.7 Å². The Labute approximate surface area is 141 Å². The van der Waals surface area contributed by atoms with Gasteiger partial charge in [0, 0.05) is 31.1 Å². The van der Waals surface area contributed by atoms with Gasteiger partial charge in [-0.05, 0) is 6.07 Å². The van der Waals surface area contributed by atoms with Crippen molar-refractivity contribution in [2.24, 2.45) is 0 Å². The molecule has 3 heterocycles. The summed E-state index contributed by atoms with van der Waals surface area (Å²) in [6, 6.07) is 4.54. The lowest BCUT2D eigenvalue weighted by atomic mass is 10.2. The Hall–Kier alpha value is -2.52. The normalized spacial score (nSPS) is 12.0. The molecule has 0 aromatic carbocycles. The van der Waals surface area contributed by atoms with Crippen LogP contribution in [0, 0.1) is 5.95 Å². The van der Waals surface area contributed by atoms with Crippen LogP contribution in [0.3, 0.4) is 0 Å². The maximum absolute atomic E-state index is 13.5. The van der Waals surface area contributed by atoms with Gasteiger partial charge in [-0.25, -0.2) is 9.97 Å². The molecule has 0 amide bonds. The van der Waals surface area contributed by atoms with Crippen molar-refractivity contribution >= 4 is 22.3 Å². The van der Waals surface area contributed by atoms with Crippen LogP contribution in [-0.4, -0.2) is 36.9 Å². The molecular weight excluding hydrogens is 335 g/mol. The fourth-order valence-electron chi connectivity index (χ4n) is 2.35. The number of fused-ring (bicyclic) bond motifs is 1. The van der Waals surface area contributed by atoms with Gasteiger partial charge in [-0.2, -0.15) is 4.39 Å². The third-order valence-corrected chi connectivity index (χ3v) is 4.73. The lowest BCUT2D eigenvalue weighted by Gasteiger charge is -2.10. The van der Waals surface area contributed by atoms with E-state index in [1.165, 1.54) is 13.2 Å². The van der Waals surface area contributed by atoms with Crippen molar-refractivity contribution < 1.29 is 20.2 Å². The van der Waals surface area contributed by atoms with E-state index in [-0.39, 0.29) is 12.7 Å². The van der Waals surface area contributed by atoms with Gasteiger partial charge in [-0.1, -0.05) is 6.92 Å². The summed E-state index contributed by atoms with van der Waals surface area (Å²) in [5.74, 6) is 0.389. The number of nitrogens with zero attached hydrogens (tertiary/aromatic N) is 3. The van der Waals surface area contributed by atoms with E-state index < -0.39 is 16.7 Å². The zero-order chi connectivity index (χ0) is 16.6. The number of methoxy groups -OCH3 is 1. The van der Waals surface area contributed by atoms with Crippen molar-refractivity contribution in [1.82, 2.24) is 14.4 Å². The summed E-state index contributed by atoms with van der Waals surface area (Å²) in [5, 5.41) is 0. The highest BCUT2D eigenvalue weighted by atomic mass is 32.2. The predicted molar refractivity (Wildman–Crippen MR) is 92.0 cm³/mol. The fraction of sp³-hybridized carbons (Fsp3) is 0.200. The molecule has 3 rings (SSSR count). The molecule has 0 bridgehead atoms. The van der Waals surface area contributed by atoms with Crippen molar-refractivity contribution in [3.05, 3.63) is 36.5 Å². The molecule has 1 unspecified atom stereocenters. The van der Waals surface area contributed by atoms with Crippen LogP contribution in [0.5, 0.6) is 5.75 Å². The van der Waals surface area contributed by atoms with Crippen LogP contribution in [0.2, 0.25) is 0 Å². The second-order valence-corrected chi connectivity index (χ2v) is 6.52. The van der Waals surface area contributed by atoms with Crippen LogP contribution in [0.15, 0.2) is 35.5 Å². The highest BCUT2D eigenvalue weighted by Gasteiger charge is 2.15. The molecular formula is C15H19FN4O3S. The van der Waals surface area contributed by atoms with Gasteiger partial charge in [0.25, 0.3) is 0 Å². The number of hydrogen-bond acceptors (Lipinski definition) is 5. The topological polar surface area (TPSA) is 114 Å². The van der Waals surface area contributed by atoms with Gasteiger partial charge in [-0.15, -0.1) is 0 Å². The molecule has 0 saturated heterocycles. The van der Waals surface area contributed by atoms with Gasteiger partial charge < -0.3 is 15.9 Å². The number of aromatic nitrogens is 3. The molecule has 3 aromatic heterocycles. The number of imidazole rings is 1. The first kappa shape index (κ1) is 17.8. The van der Waals surface area contributed by atoms with Crippen molar-refractivity contribution in [1.29, 1.82) is 0 Å². The maximum Gasteiger partial charge on any atom is 0.215 e. The fourth-order valence-corrected chi connectivity index (χ4v) is 3.25. The summed E-state index contributed by atoms with van der Waals surface area (Å²) in [7, 11) is 0.319. The van der Waals surface area contributed by atoms with Crippen molar-refractivity contribution in [3.8, 4) is 17.0 Å². The van der Waals surface area contributed by atoms with Crippen LogP contribution >= 0.6 is 0 Å². The van der Waals surface area contributed by atoms with Crippen molar-refractivity contribution in [2.75, 3.05) is 18.6 Å². The van der Waals surface area contributed by atoms with Crippen LogP contribution < -0.4 is 10.5 Å². The van der Waals surface area contributed by atoms with Gasteiger partial charge in [0.2, 0.25) is 5.95 Å². The second-order valence-electron chi connectivity index (χ2n) is 4.82. The summed E-state index contributed by atoms with van der Waals surface area (Å²) >= 11 is 0. The van der Waals surface area contributed by atoms with Crippen LogP contribution in [0.25, 0.3) is 16.9 Å². The first-order chi connectivity index (χ1) is 11.0. The van der Waals surface area contributed by atoms with Gasteiger partial charge in [-0.3, -0.25) is 8.61 Å². The van der Waals surface area contributed by atoms with Crippen LogP contribution in [0.4, 0.5) is 10.2 Å². The summed E-state index contributed by atoms with van der Waals surface area (Å²) in [5.41, 5.74) is 7.38. The summed E-state index contributed by atoms with van der Waals surface area (Å²) in [4.78, 5) is 8.37. The molecule has 3 aromatic rings. The average Bonchev–Trinajstić information content (AvgIpc) is 2.94. The number of halogens is 1. The van der Waals surface area contributed by atoms with E-state index in [0.29, 0.717) is 33.3 Å². The minimum atomic E-state index is -1.20. The molecule has 9 heteroatoms. The Kier molecular flexibility index (Phi) is 5.15. The number of nitrogens with two attached hydrogens (primary N) is 1. The molecule has 130 valence electrons. The van der Waals surface area contributed by atoms with E-state index in [9.17, 15) is 8.60 Å². The number of nitrogen functional groups attached to an aromatic ring is 1. The van der Waals surface area contributed by atoms with E-state index in [2.05, 4.69) is 9.97 Å². The molecule has 1 atom stereocenters. The number of ether oxygens (including phenoxy) is 1. The van der Waals surface area contributed by atoms with Gasteiger partial charge in [0.15, 0.2) is 0 Å². The largest absolute Gasteiger partial charge is 0.495 e. The quantitative estimate of drug-likeness (QED) is 0.716. The maximum atomic E-state index is 13.5. The average molecular weight is 354 g/mol. The molecule has 0 radical (unpaired) electrons. The lowest BCUT2D eigenvalue weighted by molar-refractivity contribution is 0.403. The Bertz CT molecular complexity index is 899. The van der Waals surface area contributed by atoms with Gasteiger partial charge >= 0.3 is 0 Å². The van der Waals surface area contributed by atoms with E-state index in [1.807, 2.05) is 6.92 Å². The third-order valence-electron chi connectivity index (χ3n) is 3.41. The minimum absolute atomic E-state index is 0. The van der Waals surface area contributed by atoms with Crippen molar-refractivity contribution in [3.63, 3.8) is 0 Å². The Morgan fingerprint density at radius 3 is 2.79 bits per heavy atom. The molecule has 24 heavy (non-hydrogen) atoms. The first-order valence-electron chi connectivity index (χ1n) is 6.90. The highest BCUT2D eigenvalue weighted by Crippen LogP contribution is 2.29. The van der Waals surface area contributed by atoms with Crippen molar-refractivity contribution in [2.45, 2.75) is 11.8 Å². The molecule has 0 saturated carbocycles. The summed E-state index contributed by atoms with van der Waals surface area (Å²) in [6.07, 6.45) is 3.30. The monoisotopic (exact) mass is 354 g/mol. The van der Waals surface area contributed by atoms with E-state index in [4.69, 9.17) is 10.5 Å². The first-order valence-corrected chi connectivity index (χ1v) is 8.22. The summed E-state index contributed by atoms with van der Waals surface area (Å²) in [6.45, 7) is 1.83. The number of rotatable bonds is 4. The Balaban J connectivity index is 0.00000156.